The summed E-state index contributed by atoms with van der Waals surface area (Å²) in [7, 11) is 0. The van der Waals surface area contributed by atoms with Crippen molar-refractivity contribution in [3.8, 4) is 0 Å². The molecule has 0 aromatic carbocycles. The SMILES string of the molecule is CCC[C@@H](C)C(=O)Nc1nnc(C2CC2)s1. The Bertz CT molecular complexity index is 373. The van der Waals surface area contributed by atoms with Crippen LogP contribution in [-0.4, -0.2) is 16.1 Å². The van der Waals surface area contributed by atoms with E-state index in [1.54, 1.807) is 0 Å². The van der Waals surface area contributed by atoms with E-state index in [0.29, 0.717) is 11.0 Å². The summed E-state index contributed by atoms with van der Waals surface area (Å²) in [4.78, 5) is 11.7. The summed E-state index contributed by atoms with van der Waals surface area (Å²) in [5.41, 5.74) is 0. The van der Waals surface area contributed by atoms with E-state index >= 15 is 0 Å². The molecule has 0 saturated heterocycles. The quantitative estimate of drug-likeness (QED) is 0.859. The molecule has 0 aliphatic heterocycles. The molecule has 1 aromatic rings. The molecule has 1 fully saturated rings. The largest absolute Gasteiger partial charge is 0.300 e. The summed E-state index contributed by atoms with van der Waals surface area (Å²) in [5, 5.41) is 12.6. The molecule has 1 aromatic heterocycles. The second-order valence-electron chi connectivity index (χ2n) is 4.40. The van der Waals surface area contributed by atoms with Gasteiger partial charge in [0.1, 0.15) is 5.01 Å². The van der Waals surface area contributed by atoms with E-state index in [1.807, 2.05) is 6.92 Å². The van der Waals surface area contributed by atoms with E-state index in [-0.39, 0.29) is 11.8 Å². The number of hydrogen-bond acceptors (Lipinski definition) is 4. The number of nitrogens with zero attached hydrogens (tertiary/aromatic N) is 2. The molecule has 1 atom stereocenters. The third-order valence-electron chi connectivity index (χ3n) is 2.77. The van der Waals surface area contributed by atoms with Gasteiger partial charge in [-0.1, -0.05) is 31.6 Å². The number of anilines is 1. The first-order valence-corrected chi connectivity index (χ1v) is 6.66. The highest BCUT2D eigenvalue weighted by molar-refractivity contribution is 7.15. The zero-order valence-electron chi connectivity index (χ0n) is 9.69. The van der Waals surface area contributed by atoms with Gasteiger partial charge in [-0.3, -0.25) is 4.79 Å². The lowest BCUT2D eigenvalue weighted by Gasteiger charge is -2.07. The van der Waals surface area contributed by atoms with Crippen LogP contribution in [0.3, 0.4) is 0 Å². The molecule has 0 bridgehead atoms. The van der Waals surface area contributed by atoms with Gasteiger partial charge in [0.05, 0.1) is 0 Å². The second-order valence-corrected chi connectivity index (χ2v) is 5.41. The molecule has 1 aliphatic rings. The smallest absolute Gasteiger partial charge is 0.229 e. The van der Waals surface area contributed by atoms with Crippen molar-refractivity contribution in [2.75, 3.05) is 5.32 Å². The number of amides is 1. The molecule has 5 heteroatoms. The Morgan fingerprint density at radius 3 is 2.94 bits per heavy atom. The molecule has 1 aliphatic carbocycles. The summed E-state index contributed by atoms with van der Waals surface area (Å²) >= 11 is 1.51. The van der Waals surface area contributed by atoms with Gasteiger partial charge >= 0.3 is 0 Å². The normalized spacial score (nSPS) is 17.1. The Kier molecular flexibility index (Phi) is 3.53. The van der Waals surface area contributed by atoms with Gasteiger partial charge in [-0.25, -0.2) is 0 Å². The highest BCUT2D eigenvalue weighted by atomic mass is 32.1. The fraction of sp³-hybridized carbons (Fsp3) is 0.727. The lowest BCUT2D eigenvalue weighted by Crippen LogP contribution is -2.20. The molecule has 0 spiro atoms. The van der Waals surface area contributed by atoms with Gasteiger partial charge in [-0.2, -0.15) is 0 Å². The Hall–Kier alpha value is -0.970. The molecule has 0 radical (unpaired) electrons. The first-order valence-electron chi connectivity index (χ1n) is 5.85. The maximum atomic E-state index is 11.7. The fourth-order valence-corrected chi connectivity index (χ4v) is 2.49. The van der Waals surface area contributed by atoms with Gasteiger partial charge in [-0.05, 0) is 19.3 Å². The van der Waals surface area contributed by atoms with E-state index in [0.717, 1.165) is 17.8 Å². The summed E-state index contributed by atoms with van der Waals surface area (Å²) in [6.07, 6.45) is 4.38. The van der Waals surface area contributed by atoms with Crippen LogP contribution in [0.1, 0.15) is 50.5 Å². The van der Waals surface area contributed by atoms with Gasteiger partial charge in [0, 0.05) is 11.8 Å². The number of hydrogen-bond donors (Lipinski definition) is 1. The van der Waals surface area contributed by atoms with Crippen molar-refractivity contribution in [1.29, 1.82) is 0 Å². The van der Waals surface area contributed by atoms with Crippen molar-refractivity contribution in [2.24, 2.45) is 5.92 Å². The van der Waals surface area contributed by atoms with Crippen LogP contribution >= 0.6 is 11.3 Å². The third kappa shape index (κ3) is 2.78. The van der Waals surface area contributed by atoms with Gasteiger partial charge in [0.2, 0.25) is 11.0 Å². The number of aromatic nitrogens is 2. The molecule has 1 amide bonds. The minimum atomic E-state index is 0.0540. The molecule has 16 heavy (non-hydrogen) atoms. The molecular weight excluding hydrogens is 222 g/mol. The van der Waals surface area contributed by atoms with Gasteiger partial charge in [0.15, 0.2) is 0 Å². The van der Waals surface area contributed by atoms with E-state index in [4.69, 9.17) is 0 Å². The van der Waals surface area contributed by atoms with Crippen LogP contribution in [-0.2, 0) is 4.79 Å². The summed E-state index contributed by atoms with van der Waals surface area (Å²) in [6.45, 7) is 4.03. The predicted molar refractivity (Wildman–Crippen MR) is 64.6 cm³/mol. The molecule has 1 saturated carbocycles. The summed E-state index contributed by atoms with van der Waals surface area (Å²) < 4.78 is 0. The molecule has 1 N–H and O–H groups in total. The predicted octanol–water partition coefficient (Wildman–Crippen LogP) is 2.79. The molecular formula is C11H17N3OS. The van der Waals surface area contributed by atoms with Gasteiger partial charge in [0.25, 0.3) is 0 Å². The number of carbonyl (C=O) groups is 1. The third-order valence-corrected chi connectivity index (χ3v) is 3.77. The maximum absolute atomic E-state index is 11.7. The van der Waals surface area contributed by atoms with E-state index in [2.05, 4.69) is 22.4 Å². The first-order chi connectivity index (χ1) is 7.70. The molecule has 4 nitrogen and oxygen atoms in total. The highest BCUT2D eigenvalue weighted by Gasteiger charge is 2.27. The van der Waals surface area contributed by atoms with E-state index in [9.17, 15) is 4.79 Å². The molecule has 1 heterocycles. The zero-order valence-corrected chi connectivity index (χ0v) is 10.5. The van der Waals surface area contributed by atoms with Crippen LogP contribution in [0.5, 0.6) is 0 Å². The van der Waals surface area contributed by atoms with Gasteiger partial charge < -0.3 is 5.32 Å². The fourth-order valence-electron chi connectivity index (χ4n) is 1.57. The van der Waals surface area contributed by atoms with Crippen molar-refractivity contribution in [3.63, 3.8) is 0 Å². The average molecular weight is 239 g/mol. The second kappa shape index (κ2) is 4.91. The maximum Gasteiger partial charge on any atom is 0.229 e. The number of carbonyl (C=O) groups excluding carboxylic acids is 1. The number of rotatable bonds is 5. The highest BCUT2D eigenvalue weighted by Crippen LogP contribution is 2.42. The zero-order chi connectivity index (χ0) is 11.5. The Labute approximate surface area is 99.5 Å². The van der Waals surface area contributed by atoms with Crippen LogP contribution in [0.25, 0.3) is 0 Å². The standard InChI is InChI=1S/C11H17N3OS/c1-3-4-7(2)9(15)12-11-14-13-10(16-11)8-5-6-8/h7-8H,3-6H2,1-2H3,(H,12,14,15)/t7-/m1/s1. The van der Waals surface area contributed by atoms with Crippen LogP contribution in [0.2, 0.25) is 0 Å². The van der Waals surface area contributed by atoms with Crippen molar-refractivity contribution in [3.05, 3.63) is 5.01 Å². The van der Waals surface area contributed by atoms with Crippen LogP contribution in [0.15, 0.2) is 0 Å². The van der Waals surface area contributed by atoms with E-state index in [1.165, 1.54) is 24.2 Å². The van der Waals surface area contributed by atoms with Crippen molar-refractivity contribution in [2.45, 2.75) is 45.4 Å². The van der Waals surface area contributed by atoms with Crippen LogP contribution < -0.4 is 5.32 Å². The topological polar surface area (TPSA) is 54.9 Å². The number of nitrogens with one attached hydrogen (secondary N) is 1. The summed E-state index contributed by atoms with van der Waals surface area (Å²) in [5.74, 6) is 0.717. The first kappa shape index (κ1) is 11.5. The minimum absolute atomic E-state index is 0.0540. The monoisotopic (exact) mass is 239 g/mol. The lowest BCUT2D eigenvalue weighted by molar-refractivity contribution is -0.119. The Morgan fingerprint density at radius 2 is 2.31 bits per heavy atom. The van der Waals surface area contributed by atoms with Crippen molar-refractivity contribution in [1.82, 2.24) is 10.2 Å². The molecule has 0 unspecified atom stereocenters. The van der Waals surface area contributed by atoms with Crippen molar-refractivity contribution >= 4 is 22.4 Å². The van der Waals surface area contributed by atoms with Gasteiger partial charge in [-0.15, -0.1) is 10.2 Å². The molecule has 2 rings (SSSR count). The van der Waals surface area contributed by atoms with Crippen LogP contribution in [0, 0.1) is 5.92 Å². The average Bonchev–Trinajstić information content (AvgIpc) is 3.01. The Balaban J connectivity index is 1.89. The summed E-state index contributed by atoms with van der Waals surface area (Å²) in [6, 6.07) is 0. The lowest BCUT2D eigenvalue weighted by atomic mass is 10.1. The minimum Gasteiger partial charge on any atom is -0.300 e. The van der Waals surface area contributed by atoms with E-state index < -0.39 is 0 Å². The Morgan fingerprint density at radius 1 is 1.56 bits per heavy atom. The molecule has 88 valence electrons. The van der Waals surface area contributed by atoms with Crippen LogP contribution in [0.4, 0.5) is 5.13 Å². The van der Waals surface area contributed by atoms with Crippen molar-refractivity contribution < 1.29 is 4.79 Å².